The highest BCUT2D eigenvalue weighted by Crippen LogP contribution is 2.18. The molecule has 1 aliphatic heterocycles. The number of benzene rings is 1. The van der Waals surface area contributed by atoms with Crippen LogP contribution < -0.4 is 10.6 Å². The Morgan fingerprint density at radius 1 is 1.24 bits per heavy atom. The van der Waals surface area contributed by atoms with E-state index in [2.05, 4.69) is 10.6 Å². The van der Waals surface area contributed by atoms with Crippen molar-refractivity contribution in [2.45, 2.75) is 19.8 Å². The molecule has 0 unspecified atom stereocenters. The molecule has 0 saturated carbocycles. The van der Waals surface area contributed by atoms with Crippen molar-refractivity contribution in [1.29, 1.82) is 0 Å². The van der Waals surface area contributed by atoms with Crippen LogP contribution in [0.3, 0.4) is 0 Å². The number of nitrogens with one attached hydrogen (secondary N) is 2. The maximum Gasteiger partial charge on any atom is 0.319 e. The van der Waals surface area contributed by atoms with Crippen LogP contribution in [-0.2, 0) is 9.53 Å². The number of morpholine rings is 1. The summed E-state index contributed by atoms with van der Waals surface area (Å²) in [6, 6.07) is 4.74. The zero-order valence-electron chi connectivity index (χ0n) is 14.2. The zero-order valence-corrected chi connectivity index (χ0v) is 14.2. The lowest BCUT2D eigenvalue weighted by molar-refractivity contribution is -0.137. The number of anilines is 1. The highest BCUT2D eigenvalue weighted by atomic mass is 16.5. The molecule has 1 aromatic carbocycles. The number of amides is 3. The number of carbonyl (C=O) groups is 3. The Bertz CT molecular complexity index is 641. The summed E-state index contributed by atoms with van der Waals surface area (Å²) in [6.45, 7) is 4.29. The predicted octanol–water partition coefficient (Wildman–Crippen LogP) is 1.45. The first kappa shape index (κ1) is 18.7. The van der Waals surface area contributed by atoms with Gasteiger partial charge in [-0.1, -0.05) is 6.07 Å². The molecule has 0 spiro atoms. The molecule has 0 radical (unpaired) electrons. The number of aryl methyl sites for hydroxylation is 1. The maximum atomic E-state index is 12.6. The van der Waals surface area contributed by atoms with E-state index in [4.69, 9.17) is 9.84 Å². The van der Waals surface area contributed by atoms with Gasteiger partial charge in [0.15, 0.2) is 0 Å². The van der Waals surface area contributed by atoms with Gasteiger partial charge in [-0.25, -0.2) is 4.79 Å². The van der Waals surface area contributed by atoms with Crippen molar-refractivity contribution in [3.63, 3.8) is 0 Å². The topological polar surface area (TPSA) is 108 Å². The monoisotopic (exact) mass is 349 g/mol. The van der Waals surface area contributed by atoms with Crippen LogP contribution in [0.25, 0.3) is 0 Å². The zero-order chi connectivity index (χ0) is 18.2. The Morgan fingerprint density at radius 3 is 2.64 bits per heavy atom. The van der Waals surface area contributed by atoms with Crippen LogP contribution in [-0.4, -0.2) is 60.8 Å². The fourth-order valence-electron chi connectivity index (χ4n) is 2.48. The molecule has 8 nitrogen and oxygen atoms in total. The number of carboxylic acid groups (broad SMARTS) is 1. The van der Waals surface area contributed by atoms with Crippen molar-refractivity contribution in [2.24, 2.45) is 0 Å². The molecule has 1 fully saturated rings. The van der Waals surface area contributed by atoms with Gasteiger partial charge in [0.1, 0.15) is 0 Å². The van der Waals surface area contributed by atoms with Crippen molar-refractivity contribution in [3.05, 3.63) is 29.3 Å². The number of carbonyl (C=O) groups excluding carboxylic acids is 2. The summed E-state index contributed by atoms with van der Waals surface area (Å²) in [6.07, 6.45) is 0.362. The third kappa shape index (κ3) is 5.75. The molecule has 1 heterocycles. The van der Waals surface area contributed by atoms with Crippen LogP contribution in [0.4, 0.5) is 10.5 Å². The number of rotatable bonds is 6. The molecule has 0 bridgehead atoms. The predicted molar refractivity (Wildman–Crippen MR) is 91.8 cm³/mol. The van der Waals surface area contributed by atoms with E-state index in [0.717, 1.165) is 5.56 Å². The Hall–Kier alpha value is -2.61. The van der Waals surface area contributed by atoms with Gasteiger partial charge in [0.05, 0.1) is 13.2 Å². The molecule has 2 rings (SSSR count). The SMILES string of the molecule is Cc1ccc(NC(=O)NCCCC(=O)O)cc1C(=O)N1CCOCC1. The number of nitrogens with zero attached hydrogens (tertiary/aromatic N) is 1. The second-order valence-corrected chi connectivity index (χ2v) is 5.81. The highest BCUT2D eigenvalue weighted by molar-refractivity contribution is 5.98. The number of hydrogen-bond acceptors (Lipinski definition) is 4. The molecule has 25 heavy (non-hydrogen) atoms. The van der Waals surface area contributed by atoms with Gasteiger partial charge < -0.3 is 25.4 Å². The summed E-state index contributed by atoms with van der Waals surface area (Å²) in [5.74, 6) is -0.974. The summed E-state index contributed by atoms with van der Waals surface area (Å²) in [5, 5.41) is 13.8. The van der Waals surface area contributed by atoms with Gasteiger partial charge in [0, 0.05) is 37.3 Å². The maximum absolute atomic E-state index is 12.6. The van der Waals surface area contributed by atoms with Crippen LogP contribution in [0.5, 0.6) is 0 Å². The quantitative estimate of drug-likeness (QED) is 0.674. The van der Waals surface area contributed by atoms with Gasteiger partial charge in [-0.3, -0.25) is 9.59 Å². The second-order valence-electron chi connectivity index (χ2n) is 5.81. The normalized spacial score (nSPS) is 14.0. The van der Waals surface area contributed by atoms with E-state index >= 15 is 0 Å². The van der Waals surface area contributed by atoms with Crippen molar-refractivity contribution < 1.29 is 24.2 Å². The molecule has 0 aliphatic carbocycles. The standard InChI is InChI=1S/C17H23N3O5/c1-12-4-5-13(19-17(24)18-6-2-3-15(21)22)11-14(12)16(23)20-7-9-25-10-8-20/h4-5,11H,2-3,6-10H2,1H3,(H,21,22)(H2,18,19,24). The van der Waals surface area contributed by atoms with Gasteiger partial charge in [0.25, 0.3) is 5.91 Å². The number of aliphatic carboxylic acids is 1. The number of ether oxygens (including phenoxy) is 1. The third-order valence-corrected chi connectivity index (χ3v) is 3.88. The van der Waals surface area contributed by atoms with E-state index < -0.39 is 12.0 Å². The fourth-order valence-corrected chi connectivity index (χ4v) is 2.48. The lowest BCUT2D eigenvalue weighted by atomic mass is 10.1. The van der Waals surface area contributed by atoms with Crippen LogP contribution in [0.15, 0.2) is 18.2 Å². The van der Waals surface area contributed by atoms with E-state index in [1.165, 1.54) is 0 Å². The largest absolute Gasteiger partial charge is 0.481 e. The first-order valence-corrected chi connectivity index (χ1v) is 8.21. The fraction of sp³-hybridized carbons (Fsp3) is 0.471. The van der Waals surface area contributed by atoms with Gasteiger partial charge in [-0.15, -0.1) is 0 Å². The molecular formula is C17H23N3O5. The molecule has 0 aromatic heterocycles. The molecule has 0 atom stereocenters. The first-order valence-electron chi connectivity index (χ1n) is 8.21. The first-order chi connectivity index (χ1) is 12.0. The molecule has 3 amide bonds. The van der Waals surface area contributed by atoms with Crippen molar-refractivity contribution in [2.75, 3.05) is 38.2 Å². The molecule has 8 heteroatoms. The summed E-state index contributed by atoms with van der Waals surface area (Å²) in [5.41, 5.74) is 1.90. The number of urea groups is 1. The summed E-state index contributed by atoms with van der Waals surface area (Å²) >= 11 is 0. The van der Waals surface area contributed by atoms with E-state index in [1.54, 1.807) is 23.1 Å². The van der Waals surface area contributed by atoms with Crippen molar-refractivity contribution in [1.82, 2.24) is 10.2 Å². The van der Waals surface area contributed by atoms with E-state index in [1.807, 2.05) is 6.92 Å². The van der Waals surface area contributed by atoms with Gasteiger partial charge >= 0.3 is 12.0 Å². The molecule has 1 saturated heterocycles. The lowest BCUT2D eigenvalue weighted by Gasteiger charge is -2.27. The van der Waals surface area contributed by atoms with Crippen LogP contribution in [0, 0.1) is 6.92 Å². The van der Waals surface area contributed by atoms with E-state index in [9.17, 15) is 14.4 Å². The average molecular weight is 349 g/mol. The van der Waals surface area contributed by atoms with E-state index in [-0.39, 0.29) is 18.9 Å². The van der Waals surface area contributed by atoms with Crippen LogP contribution in [0.1, 0.15) is 28.8 Å². The summed E-state index contributed by atoms with van der Waals surface area (Å²) in [4.78, 5) is 36.6. The van der Waals surface area contributed by atoms with Crippen molar-refractivity contribution in [3.8, 4) is 0 Å². The number of carboxylic acids is 1. The van der Waals surface area contributed by atoms with Gasteiger partial charge in [-0.05, 0) is 31.0 Å². The second kappa shape index (κ2) is 9.03. The molecule has 136 valence electrons. The lowest BCUT2D eigenvalue weighted by Crippen LogP contribution is -2.41. The Kier molecular flexibility index (Phi) is 6.76. The minimum atomic E-state index is -0.896. The van der Waals surface area contributed by atoms with E-state index in [0.29, 0.717) is 44.0 Å². The minimum Gasteiger partial charge on any atom is -0.481 e. The Balaban J connectivity index is 1.94. The minimum absolute atomic E-state index is 0.00299. The number of hydrogen-bond donors (Lipinski definition) is 3. The Morgan fingerprint density at radius 2 is 1.96 bits per heavy atom. The van der Waals surface area contributed by atoms with Crippen LogP contribution in [0.2, 0.25) is 0 Å². The van der Waals surface area contributed by atoms with Crippen LogP contribution >= 0.6 is 0 Å². The third-order valence-electron chi connectivity index (χ3n) is 3.88. The smallest absolute Gasteiger partial charge is 0.319 e. The Labute approximate surface area is 146 Å². The van der Waals surface area contributed by atoms with Gasteiger partial charge in [0.2, 0.25) is 0 Å². The molecule has 1 aliphatic rings. The average Bonchev–Trinajstić information content (AvgIpc) is 2.60. The molecule has 3 N–H and O–H groups in total. The van der Waals surface area contributed by atoms with Crippen molar-refractivity contribution >= 4 is 23.6 Å². The molecule has 1 aromatic rings. The molecular weight excluding hydrogens is 326 g/mol. The summed E-state index contributed by atoms with van der Waals surface area (Å²) < 4.78 is 5.26. The summed E-state index contributed by atoms with van der Waals surface area (Å²) in [7, 11) is 0. The highest BCUT2D eigenvalue weighted by Gasteiger charge is 2.20. The van der Waals surface area contributed by atoms with Gasteiger partial charge in [-0.2, -0.15) is 0 Å².